The van der Waals surface area contributed by atoms with Crippen molar-refractivity contribution in [3.63, 3.8) is 0 Å². The van der Waals surface area contributed by atoms with E-state index in [9.17, 15) is 4.79 Å². The van der Waals surface area contributed by atoms with Crippen molar-refractivity contribution in [3.8, 4) is 11.3 Å². The van der Waals surface area contributed by atoms with Gasteiger partial charge in [-0.1, -0.05) is 34.1 Å². The molecule has 0 radical (unpaired) electrons. The van der Waals surface area contributed by atoms with Gasteiger partial charge in [0.15, 0.2) is 11.5 Å². The minimum absolute atomic E-state index is 0.135. The highest BCUT2D eigenvalue weighted by atomic mass is 35.5. The summed E-state index contributed by atoms with van der Waals surface area (Å²) in [6.07, 6.45) is 1.57. The molecule has 0 bridgehead atoms. The lowest BCUT2D eigenvalue weighted by molar-refractivity contribution is 0.103. The number of hydrogen-bond acceptors (Lipinski definition) is 6. The predicted molar refractivity (Wildman–Crippen MR) is 77.6 cm³/mol. The van der Waals surface area contributed by atoms with Gasteiger partial charge in [-0.3, -0.25) is 9.89 Å². The number of halogens is 1. The van der Waals surface area contributed by atoms with Crippen LogP contribution in [0, 0.1) is 0 Å². The van der Waals surface area contributed by atoms with E-state index in [-0.39, 0.29) is 30.0 Å². The maximum Gasteiger partial charge on any atom is 0.220 e. The maximum atomic E-state index is 12.6. The van der Waals surface area contributed by atoms with Crippen molar-refractivity contribution in [2.24, 2.45) is 0 Å². The molecule has 2 N–H and O–H groups in total. The number of carbonyl (C=O) groups excluding carboxylic acids is 1. The van der Waals surface area contributed by atoms with Crippen LogP contribution in [-0.4, -0.2) is 38.1 Å². The molecule has 0 aliphatic heterocycles. The minimum Gasteiger partial charge on any atom is -0.396 e. The van der Waals surface area contributed by atoms with Gasteiger partial charge in [-0.2, -0.15) is 0 Å². The molecule has 8 heteroatoms. The Morgan fingerprint density at radius 1 is 1.36 bits per heavy atom. The molecule has 0 spiro atoms. The molecule has 112 valence electrons. The molecule has 3 aromatic rings. The van der Waals surface area contributed by atoms with Crippen LogP contribution in [0.5, 0.6) is 0 Å². The number of rotatable bonds is 5. The van der Waals surface area contributed by atoms with Gasteiger partial charge in [-0.15, -0.1) is 5.10 Å². The topological polar surface area (TPSA) is 105 Å². The number of H-pyrrole nitrogens is 1. The third-order valence-corrected chi connectivity index (χ3v) is 3.44. The Bertz CT molecular complexity index is 798. The van der Waals surface area contributed by atoms with Gasteiger partial charge in [0.05, 0.1) is 22.5 Å². The molecule has 0 saturated heterocycles. The molecular weight excluding hydrogens is 308 g/mol. The number of benzene rings is 1. The zero-order valence-electron chi connectivity index (χ0n) is 11.3. The van der Waals surface area contributed by atoms with E-state index < -0.39 is 5.78 Å². The van der Waals surface area contributed by atoms with E-state index >= 15 is 0 Å². The molecule has 2 aromatic heterocycles. The van der Waals surface area contributed by atoms with E-state index in [0.717, 1.165) is 0 Å². The van der Waals surface area contributed by atoms with E-state index in [0.29, 0.717) is 16.3 Å². The lowest BCUT2D eigenvalue weighted by Gasteiger charge is -2.03. The summed E-state index contributed by atoms with van der Waals surface area (Å²) in [6, 6.07) is 6.97. The van der Waals surface area contributed by atoms with Gasteiger partial charge in [0.25, 0.3) is 0 Å². The monoisotopic (exact) mass is 318 g/mol. The van der Waals surface area contributed by atoms with E-state index in [1.807, 2.05) is 0 Å². The Hall–Kier alpha value is -2.51. The molecule has 1 aromatic carbocycles. The molecule has 7 nitrogen and oxygen atoms in total. The molecule has 0 aliphatic carbocycles. The van der Waals surface area contributed by atoms with Crippen molar-refractivity contribution < 1.29 is 14.4 Å². The predicted octanol–water partition coefficient (Wildman–Crippen LogP) is 1.88. The Morgan fingerprint density at radius 3 is 2.86 bits per heavy atom. The van der Waals surface area contributed by atoms with Gasteiger partial charge in [0, 0.05) is 18.6 Å². The van der Waals surface area contributed by atoms with Crippen molar-refractivity contribution >= 4 is 17.4 Å². The number of ketones is 1. The van der Waals surface area contributed by atoms with E-state index in [2.05, 4.69) is 20.6 Å². The lowest BCUT2D eigenvalue weighted by atomic mass is 10.0. The number of nitrogens with one attached hydrogen (secondary N) is 1. The minimum atomic E-state index is -0.395. The fraction of sp³-hybridized carbons (Fsp3) is 0.143. The van der Waals surface area contributed by atoms with Crippen LogP contribution < -0.4 is 0 Å². The van der Waals surface area contributed by atoms with Gasteiger partial charge < -0.3 is 9.63 Å². The number of nitrogens with zero attached hydrogens (tertiary/aromatic N) is 3. The smallest absolute Gasteiger partial charge is 0.220 e. The second-order valence-electron chi connectivity index (χ2n) is 4.47. The van der Waals surface area contributed by atoms with Crippen LogP contribution in [0.2, 0.25) is 5.02 Å². The second kappa shape index (κ2) is 6.08. The number of aromatic amines is 1. The number of aromatic nitrogens is 4. The van der Waals surface area contributed by atoms with Gasteiger partial charge in [0.1, 0.15) is 0 Å². The fourth-order valence-electron chi connectivity index (χ4n) is 2.10. The summed E-state index contributed by atoms with van der Waals surface area (Å²) in [5.74, 6) is -0.143. The van der Waals surface area contributed by atoms with Crippen molar-refractivity contribution in [2.75, 3.05) is 6.61 Å². The molecular formula is C14H11ClN4O3. The summed E-state index contributed by atoms with van der Waals surface area (Å²) >= 11 is 6.16. The zero-order chi connectivity index (χ0) is 15.5. The third-order valence-electron chi connectivity index (χ3n) is 3.11. The van der Waals surface area contributed by atoms with Crippen molar-refractivity contribution in [1.82, 2.24) is 20.6 Å². The fourth-order valence-corrected chi connectivity index (χ4v) is 2.33. The van der Waals surface area contributed by atoms with Gasteiger partial charge in [-0.05, 0) is 12.1 Å². The lowest BCUT2D eigenvalue weighted by Crippen LogP contribution is -2.07. The van der Waals surface area contributed by atoms with Crippen LogP contribution >= 0.6 is 11.6 Å². The van der Waals surface area contributed by atoms with Crippen molar-refractivity contribution in [1.29, 1.82) is 0 Å². The van der Waals surface area contributed by atoms with E-state index in [4.69, 9.17) is 21.2 Å². The zero-order valence-corrected chi connectivity index (χ0v) is 12.0. The van der Waals surface area contributed by atoms with Crippen LogP contribution in [0.25, 0.3) is 11.3 Å². The Morgan fingerprint density at radius 2 is 2.18 bits per heavy atom. The summed E-state index contributed by atoms with van der Waals surface area (Å²) < 4.78 is 5.31. The molecule has 0 aliphatic rings. The number of carbonyl (C=O) groups is 1. The molecule has 22 heavy (non-hydrogen) atoms. The van der Waals surface area contributed by atoms with Crippen molar-refractivity contribution in [3.05, 3.63) is 52.4 Å². The molecule has 0 atom stereocenters. The maximum absolute atomic E-state index is 12.6. The SMILES string of the molecule is O=C(c1c[nH]nn1)c1c(CCO)noc1-c1ccccc1Cl. The summed E-state index contributed by atoms with van der Waals surface area (Å²) in [6.45, 7) is -0.159. The highest BCUT2D eigenvalue weighted by Crippen LogP contribution is 2.33. The number of aliphatic hydroxyl groups excluding tert-OH is 1. The van der Waals surface area contributed by atoms with Gasteiger partial charge in [0.2, 0.25) is 5.78 Å². The van der Waals surface area contributed by atoms with Crippen LogP contribution in [0.3, 0.4) is 0 Å². The summed E-state index contributed by atoms with van der Waals surface area (Å²) in [5, 5.41) is 23.2. The Kier molecular flexibility index (Phi) is 3.99. The highest BCUT2D eigenvalue weighted by molar-refractivity contribution is 6.33. The van der Waals surface area contributed by atoms with E-state index in [1.165, 1.54) is 6.20 Å². The van der Waals surface area contributed by atoms with Crippen LogP contribution in [0.1, 0.15) is 21.7 Å². The summed E-state index contributed by atoms with van der Waals surface area (Å²) in [4.78, 5) is 12.6. The molecule has 0 fully saturated rings. The first kappa shape index (κ1) is 14.4. The average molecular weight is 319 g/mol. The average Bonchev–Trinajstić information content (AvgIpc) is 3.17. The van der Waals surface area contributed by atoms with Gasteiger partial charge >= 0.3 is 0 Å². The second-order valence-corrected chi connectivity index (χ2v) is 4.88. The molecule has 0 amide bonds. The first-order chi connectivity index (χ1) is 10.7. The third kappa shape index (κ3) is 2.51. The molecule has 0 unspecified atom stereocenters. The van der Waals surface area contributed by atoms with Crippen LogP contribution in [0.4, 0.5) is 0 Å². The highest BCUT2D eigenvalue weighted by Gasteiger charge is 2.27. The summed E-state index contributed by atoms with van der Waals surface area (Å²) in [5.41, 5.74) is 1.27. The number of hydrogen-bond donors (Lipinski definition) is 2. The molecule has 3 rings (SSSR count). The first-order valence-corrected chi connectivity index (χ1v) is 6.85. The van der Waals surface area contributed by atoms with E-state index in [1.54, 1.807) is 24.3 Å². The quantitative estimate of drug-likeness (QED) is 0.696. The van der Waals surface area contributed by atoms with Gasteiger partial charge in [-0.25, -0.2) is 0 Å². The Balaban J connectivity index is 2.16. The van der Waals surface area contributed by atoms with Crippen LogP contribution in [0.15, 0.2) is 35.0 Å². The standard InChI is InChI=1S/C14H11ClN4O3/c15-9-4-2-1-3-8(9)14-12(10(5-6-20)18-22-14)13(21)11-7-16-19-17-11/h1-4,7,20H,5-6H2,(H,16,17,19). The first-order valence-electron chi connectivity index (χ1n) is 6.48. The van der Waals surface area contributed by atoms with Crippen molar-refractivity contribution in [2.45, 2.75) is 6.42 Å². The summed E-state index contributed by atoms with van der Waals surface area (Å²) in [7, 11) is 0. The normalized spacial score (nSPS) is 10.8. The molecule has 0 saturated carbocycles. The molecule has 2 heterocycles. The largest absolute Gasteiger partial charge is 0.396 e. The Labute approximate surface area is 129 Å². The van der Waals surface area contributed by atoms with Crippen LogP contribution in [-0.2, 0) is 6.42 Å². The number of aliphatic hydroxyl groups is 1.